The Balaban J connectivity index is 2.26. The van der Waals surface area contributed by atoms with E-state index in [1.54, 1.807) is 0 Å². The third-order valence-electron chi connectivity index (χ3n) is 2.82. The molecule has 15 heavy (non-hydrogen) atoms. The summed E-state index contributed by atoms with van der Waals surface area (Å²) in [5.74, 6) is 0. The predicted molar refractivity (Wildman–Crippen MR) is 62.4 cm³/mol. The maximum atomic E-state index is 4.53. The first-order valence-electron chi connectivity index (χ1n) is 5.32. The molecule has 0 atom stereocenters. The van der Waals surface area contributed by atoms with E-state index in [-0.39, 0.29) is 0 Å². The summed E-state index contributed by atoms with van der Waals surface area (Å²) in [6.07, 6.45) is 4.12. The zero-order valence-corrected chi connectivity index (χ0v) is 8.48. The average molecular weight is 196 g/mol. The van der Waals surface area contributed by atoms with Crippen molar-refractivity contribution in [2.45, 2.75) is 12.8 Å². The number of rotatable bonds is 1. The van der Waals surface area contributed by atoms with Gasteiger partial charge in [0.1, 0.15) is 0 Å². The normalized spacial score (nSPS) is 15.6. The highest BCUT2D eigenvalue weighted by Crippen LogP contribution is 2.20. The molecule has 0 amide bonds. The molecule has 0 bridgehead atoms. The molecule has 1 aromatic carbocycles. The third-order valence-corrected chi connectivity index (χ3v) is 2.82. The number of hydrogen-bond donors (Lipinski definition) is 0. The zero-order chi connectivity index (χ0) is 10.1. The van der Waals surface area contributed by atoms with Crippen LogP contribution < -0.4 is 0 Å². The highest BCUT2D eigenvalue weighted by atomic mass is 14.8. The van der Waals surface area contributed by atoms with Crippen molar-refractivity contribution in [3.05, 3.63) is 42.1 Å². The van der Waals surface area contributed by atoms with Crippen molar-refractivity contribution in [2.24, 2.45) is 4.99 Å². The Bertz CT molecular complexity index is 524. The third kappa shape index (κ3) is 1.42. The standard InChI is InChI=1S/C13H12N2/c1-4-10-5-2-9-15-13(10)11(6-1)12-7-3-8-14-12/h1-2,4-6,9H,3,7-8H2. The molecule has 74 valence electrons. The van der Waals surface area contributed by atoms with Gasteiger partial charge in [-0.1, -0.05) is 24.3 Å². The molecular formula is C13H12N2. The van der Waals surface area contributed by atoms with Crippen molar-refractivity contribution in [1.29, 1.82) is 0 Å². The van der Waals surface area contributed by atoms with Crippen LogP contribution in [0.2, 0.25) is 0 Å². The molecule has 1 aliphatic rings. The second kappa shape index (κ2) is 3.46. The molecule has 2 nitrogen and oxygen atoms in total. The van der Waals surface area contributed by atoms with Gasteiger partial charge < -0.3 is 0 Å². The molecular weight excluding hydrogens is 184 g/mol. The lowest BCUT2D eigenvalue weighted by Gasteiger charge is -2.04. The summed E-state index contributed by atoms with van der Waals surface area (Å²) >= 11 is 0. The second-order valence-corrected chi connectivity index (χ2v) is 3.81. The van der Waals surface area contributed by atoms with Gasteiger partial charge >= 0.3 is 0 Å². The lowest BCUT2D eigenvalue weighted by atomic mass is 10.0. The highest BCUT2D eigenvalue weighted by molar-refractivity contribution is 6.10. The average Bonchev–Trinajstić information content (AvgIpc) is 2.82. The number of fused-ring (bicyclic) bond motifs is 1. The minimum absolute atomic E-state index is 0.971. The predicted octanol–water partition coefficient (Wildman–Crippen LogP) is 2.82. The van der Waals surface area contributed by atoms with Crippen LogP contribution in [0.5, 0.6) is 0 Å². The molecule has 1 aromatic heterocycles. The van der Waals surface area contributed by atoms with Gasteiger partial charge in [-0.05, 0) is 18.9 Å². The van der Waals surface area contributed by atoms with Gasteiger partial charge in [-0.2, -0.15) is 0 Å². The van der Waals surface area contributed by atoms with Gasteiger partial charge in [0.25, 0.3) is 0 Å². The molecule has 3 rings (SSSR count). The van der Waals surface area contributed by atoms with Gasteiger partial charge in [-0.15, -0.1) is 0 Å². The zero-order valence-electron chi connectivity index (χ0n) is 8.48. The van der Waals surface area contributed by atoms with E-state index >= 15 is 0 Å². The Kier molecular flexibility index (Phi) is 1.98. The van der Waals surface area contributed by atoms with Crippen LogP contribution in [-0.4, -0.2) is 17.2 Å². The van der Waals surface area contributed by atoms with Crippen LogP contribution in [0, 0.1) is 0 Å². The molecule has 0 radical (unpaired) electrons. The van der Waals surface area contributed by atoms with Gasteiger partial charge in [0.15, 0.2) is 0 Å². The molecule has 2 heterocycles. The maximum absolute atomic E-state index is 4.53. The number of aromatic nitrogens is 1. The smallest absolute Gasteiger partial charge is 0.0792 e. The molecule has 1 aliphatic heterocycles. The Labute approximate surface area is 88.7 Å². The summed E-state index contributed by atoms with van der Waals surface area (Å²) in [4.78, 5) is 8.98. The largest absolute Gasteiger partial charge is 0.289 e. The summed E-state index contributed by atoms with van der Waals surface area (Å²) < 4.78 is 0. The number of para-hydroxylation sites is 1. The molecule has 2 heteroatoms. The SMILES string of the molecule is c1cnc2c(C3=NCCC3)cccc2c1. The Morgan fingerprint density at radius 1 is 1.07 bits per heavy atom. The van der Waals surface area contributed by atoms with Crippen LogP contribution in [0.3, 0.4) is 0 Å². The van der Waals surface area contributed by atoms with Crippen LogP contribution in [-0.2, 0) is 0 Å². The summed E-state index contributed by atoms with van der Waals surface area (Å²) in [5.41, 5.74) is 3.52. The maximum Gasteiger partial charge on any atom is 0.0792 e. The van der Waals surface area contributed by atoms with Crippen molar-refractivity contribution < 1.29 is 0 Å². The van der Waals surface area contributed by atoms with Crippen LogP contribution in [0.15, 0.2) is 41.5 Å². The van der Waals surface area contributed by atoms with E-state index in [2.05, 4.69) is 34.2 Å². The number of nitrogens with zero attached hydrogens (tertiary/aromatic N) is 2. The number of hydrogen-bond acceptors (Lipinski definition) is 2. The molecule has 2 aromatic rings. The Morgan fingerprint density at radius 3 is 2.87 bits per heavy atom. The molecule has 0 spiro atoms. The minimum Gasteiger partial charge on any atom is -0.289 e. The number of aliphatic imine (C=N–C) groups is 1. The molecule has 0 saturated heterocycles. The van der Waals surface area contributed by atoms with E-state index in [4.69, 9.17) is 0 Å². The summed E-state index contributed by atoms with van der Waals surface area (Å²) in [5, 5.41) is 1.20. The fraction of sp³-hybridized carbons (Fsp3) is 0.231. The molecule has 0 saturated carbocycles. The van der Waals surface area contributed by atoms with E-state index < -0.39 is 0 Å². The molecule has 0 aliphatic carbocycles. The van der Waals surface area contributed by atoms with Crippen molar-refractivity contribution in [3.8, 4) is 0 Å². The van der Waals surface area contributed by atoms with Crippen molar-refractivity contribution in [1.82, 2.24) is 4.98 Å². The second-order valence-electron chi connectivity index (χ2n) is 3.81. The Hall–Kier alpha value is -1.70. The topological polar surface area (TPSA) is 25.2 Å². The van der Waals surface area contributed by atoms with Gasteiger partial charge in [0.2, 0.25) is 0 Å². The van der Waals surface area contributed by atoms with Crippen LogP contribution in [0.25, 0.3) is 10.9 Å². The van der Waals surface area contributed by atoms with E-state index in [0.29, 0.717) is 0 Å². The summed E-state index contributed by atoms with van der Waals surface area (Å²) in [6.45, 7) is 0.971. The van der Waals surface area contributed by atoms with Gasteiger partial charge in [0, 0.05) is 29.4 Å². The lowest BCUT2D eigenvalue weighted by Crippen LogP contribution is -1.98. The number of pyridine rings is 1. The van der Waals surface area contributed by atoms with E-state index in [1.807, 2.05) is 12.3 Å². The minimum atomic E-state index is 0.971. The van der Waals surface area contributed by atoms with Gasteiger partial charge in [-0.3, -0.25) is 9.98 Å². The quantitative estimate of drug-likeness (QED) is 0.688. The molecule has 0 N–H and O–H groups in total. The van der Waals surface area contributed by atoms with Crippen LogP contribution in [0.1, 0.15) is 18.4 Å². The fourth-order valence-electron chi connectivity index (χ4n) is 2.10. The summed E-state index contributed by atoms with van der Waals surface area (Å²) in [7, 11) is 0. The van der Waals surface area contributed by atoms with Crippen molar-refractivity contribution >= 4 is 16.6 Å². The molecule has 0 unspecified atom stereocenters. The first kappa shape index (κ1) is 8.60. The number of benzene rings is 1. The monoisotopic (exact) mass is 196 g/mol. The van der Waals surface area contributed by atoms with E-state index in [9.17, 15) is 0 Å². The lowest BCUT2D eigenvalue weighted by molar-refractivity contribution is 0.951. The van der Waals surface area contributed by atoms with Crippen molar-refractivity contribution in [2.75, 3.05) is 6.54 Å². The van der Waals surface area contributed by atoms with Gasteiger partial charge in [0.05, 0.1) is 5.52 Å². The fourth-order valence-corrected chi connectivity index (χ4v) is 2.10. The Morgan fingerprint density at radius 2 is 2.00 bits per heavy atom. The van der Waals surface area contributed by atoms with Crippen molar-refractivity contribution in [3.63, 3.8) is 0 Å². The first-order chi connectivity index (χ1) is 7.45. The van der Waals surface area contributed by atoms with Crippen LogP contribution >= 0.6 is 0 Å². The molecule has 0 fully saturated rings. The van der Waals surface area contributed by atoms with E-state index in [0.717, 1.165) is 18.5 Å². The van der Waals surface area contributed by atoms with E-state index in [1.165, 1.54) is 23.1 Å². The highest BCUT2D eigenvalue weighted by Gasteiger charge is 2.11. The van der Waals surface area contributed by atoms with Crippen LogP contribution in [0.4, 0.5) is 0 Å². The van der Waals surface area contributed by atoms with Gasteiger partial charge in [-0.25, -0.2) is 0 Å². The first-order valence-corrected chi connectivity index (χ1v) is 5.32. The summed E-state index contributed by atoms with van der Waals surface area (Å²) in [6, 6.07) is 10.4.